The Labute approximate surface area is 121 Å². The highest BCUT2D eigenvalue weighted by molar-refractivity contribution is 5.46. The molecule has 110 valence electrons. The quantitative estimate of drug-likeness (QED) is 0.895. The molecule has 0 saturated heterocycles. The summed E-state index contributed by atoms with van der Waals surface area (Å²) in [7, 11) is 1.85. The van der Waals surface area contributed by atoms with Crippen LogP contribution in [0, 0.1) is 0 Å². The van der Waals surface area contributed by atoms with E-state index in [1.807, 2.05) is 7.11 Å². The molecule has 1 heterocycles. The molecule has 1 aromatic carbocycles. The van der Waals surface area contributed by atoms with E-state index < -0.39 is 0 Å². The van der Waals surface area contributed by atoms with Crippen molar-refractivity contribution >= 4 is 0 Å². The monoisotopic (exact) mass is 275 g/mol. The van der Waals surface area contributed by atoms with Gasteiger partial charge in [-0.2, -0.15) is 0 Å². The van der Waals surface area contributed by atoms with Crippen molar-refractivity contribution in [3.8, 4) is 5.75 Å². The zero-order valence-electron chi connectivity index (χ0n) is 12.6. The molecule has 2 aliphatic rings. The van der Waals surface area contributed by atoms with E-state index in [9.17, 15) is 0 Å². The Kier molecular flexibility index (Phi) is 3.99. The predicted molar refractivity (Wildman–Crippen MR) is 80.3 cm³/mol. The first kappa shape index (κ1) is 13.9. The first-order valence-electron chi connectivity index (χ1n) is 7.84. The van der Waals surface area contributed by atoms with E-state index in [0.717, 1.165) is 44.6 Å². The number of rotatable bonds is 5. The minimum Gasteiger partial charge on any atom is -0.493 e. The van der Waals surface area contributed by atoms with Crippen LogP contribution in [-0.2, 0) is 11.2 Å². The maximum absolute atomic E-state index is 5.99. The van der Waals surface area contributed by atoms with Crippen molar-refractivity contribution in [3.05, 3.63) is 29.3 Å². The summed E-state index contributed by atoms with van der Waals surface area (Å²) in [5, 5.41) is 3.64. The molecule has 1 atom stereocenters. The van der Waals surface area contributed by atoms with Crippen LogP contribution in [-0.4, -0.2) is 25.9 Å². The molecule has 20 heavy (non-hydrogen) atoms. The molecule has 0 bridgehead atoms. The van der Waals surface area contributed by atoms with Gasteiger partial charge in [0, 0.05) is 12.7 Å². The number of hydrogen-bond acceptors (Lipinski definition) is 3. The van der Waals surface area contributed by atoms with Gasteiger partial charge < -0.3 is 14.8 Å². The van der Waals surface area contributed by atoms with Gasteiger partial charge in [-0.15, -0.1) is 0 Å². The van der Waals surface area contributed by atoms with Crippen LogP contribution in [0.15, 0.2) is 18.2 Å². The average molecular weight is 275 g/mol. The SMILES string of the molecule is CCNC(c1cccc2c1OCCC2)C1(OC)CCC1. The smallest absolute Gasteiger partial charge is 0.127 e. The molecule has 1 fully saturated rings. The third-order valence-corrected chi connectivity index (χ3v) is 4.82. The molecule has 3 rings (SSSR count). The summed E-state index contributed by atoms with van der Waals surface area (Å²) in [5.74, 6) is 1.10. The highest BCUT2D eigenvalue weighted by Gasteiger charge is 2.46. The summed E-state index contributed by atoms with van der Waals surface area (Å²) >= 11 is 0. The molecule has 1 aliphatic carbocycles. The fourth-order valence-corrected chi connectivity index (χ4v) is 3.56. The van der Waals surface area contributed by atoms with Gasteiger partial charge in [0.1, 0.15) is 5.75 Å². The lowest BCUT2D eigenvalue weighted by atomic mass is 9.71. The number of nitrogens with one attached hydrogen (secondary N) is 1. The Morgan fingerprint density at radius 1 is 1.35 bits per heavy atom. The second kappa shape index (κ2) is 5.74. The van der Waals surface area contributed by atoms with E-state index in [0.29, 0.717) is 0 Å². The maximum Gasteiger partial charge on any atom is 0.127 e. The largest absolute Gasteiger partial charge is 0.493 e. The Morgan fingerprint density at radius 2 is 2.20 bits per heavy atom. The van der Waals surface area contributed by atoms with Gasteiger partial charge in [0.15, 0.2) is 0 Å². The van der Waals surface area contributed by atoms with E-state index in [1.54, 1.807) is 0 Å². The predicted octanol–water partition coefficient (Wildman–Crippen LogP) is 3.23. The number of methoxy groups -OCH3 is 1. The third-order valence-electron chi connectivity index (χ3n) is 4.82. The lowest BCUT2D eigenvalue weighted by molar-refractivity contribution is -0.0999. The molecular weight excluding hydrogens is 250 g/mol. The van der Waals surface area contributed by atoms with Gasteiger partial charge in [0.25, 0.3) is 0 Å². The summed E-state index contributed by atoms with van der Waals surface area (Å²) in [6.45, 7) is 3.94. The van der Waals surface area contributed by atoms with Crippen molar-refractivity contribution in [1.82, 2.24) is 5.32 Å². The van der Waals surface area contributed by atoms with Crippen molar-refractivity contribution in [1.29, 1.82) is 0 Å². The minimum absolute atomic E-state index is 0.0497. The standard InChI is InChI=1S/C17H25NO2/c1-3-18-16(17(19-2)10-6-11-17)14-9-4-7-13-8-5-12-20-15(13)14/h4,7,9,16,18H,3,5-6,8,10-12H2,1-2H3. The lowest BCUT2D eigenvalue weighted by Gasteiger charge is -2.47. The van der Waals surface area contributed by atoms with Crippen LogP contribution in [0.4, 0.5) is 0 Å². The van der Waals surface area contributed by atoms with E-state index in [1.165, 1.54) is 17.5 Å². The number of aryl methyl sites for hydroxylation is 1. The Bertz CT molecular complexity index is 463. The molecule has 1 N–H and O–H groups in total. The third kappa shape index (κ3) is 2.23. The average Bonchev–Trinajstić information content (AvgIpc) is 2.45. The van der Waals surface area contributed by atoms with Crippen LogP contribution in [0.1, 0.15) is 49.8 Å². The zero-order valence-corrected chi connectivity index (χ0v) is 12.6. The summed E-state index contributed by atoms with van der Waals surface area (Å²) in [4.78, 5) is 0. The molecule has 1 aromatic rings. The van der Waals surface area contributed by atoms with Crippen LogP contribution in [0.2, 0.25) is 0 Å². The minimum atomic E-state index is -0.0497. The van der Waals surface area contributed by atoms with Crippen molar-refractivity contribution in [3.63, 3.8) is 0 Å². The van der Waals surface area contributed by atoms with Gasteiger partial charge in [-0.3, -0.25) is 0 Å². The number of ether oxygens (including phenoxy) is 2. The first-order chi connectivity index (χ1) is 9.80. The highest BCUT2D eigenvalue weighted by Crippen LogP contribution is 2.47. The fourth-order valence-electron chi connectivity index (χ4n) is 3.56. The van der Waals surface area contributed by atoms with Gasteiger partial charge in [0.2, 0.25) is 0 Å². The van der Waals surface area contributed by atoms with Gasteiger partial charge in [0.05, 0.1) is 18.2 Å². The van der Waals surface area contributed by atoms with Gasteiger partial charge in [-0.1, -0.05) is 25.1 Å². The number of para-hydroxylation sites is 1. The molecule has 1 unspecified atom stereocenters. The molecule has 3 nitrogen and oxygen atoms in total. The zero-order chi connectivity index (χ0) is 14.0. The van der Waals surface area contributed by atoms with Crippen LogP contribution < -0.4 is 10.1 Å². The number of benzene rings is 1. The number of hydrogen-bond donors (Lipinski definition) is 1. The number of fused-ring (bicyclic) bond motifs is 1. The summed E-state index contributed by atoms with van der Waals surface area (Å²) in [6.07, 6.45) is 5.76. The molecule has 0 radical (unpaired) electrons. The van der Waals surface area contributed by atoms with E-state index in [4.69, 9.17) is 9.47 Å². The normalized spacial score (nSPS) is 21.5. The Hall–Kier alpha value is -1.06. The maximum atomic E-state index is 5.99. The van der Waals surface area contributed by atoms with Gasteiger partial charge >= 0.3 is 0 Å². The van der Waals surface area contributed by atoms with Crippen molar-refractivity contribution < 1.29 is 9.47 Å². The van der Waals surface area contributed by atoms with E-state index >= 15 is 0 Å². The molecule has 3 heteroatoms. The summed E-state index contributed by atoms with van der Waals surface area (Å²) < 4.78 is 11.9. The second-order valence-corrected chi connectivity index (χ2v) is 5.90. The molecule has 0 aromatic heterocycles. The van der Waals surface area contributed by atoms with Crippen LogP contribution in [0.5, 0.6) is 5.75 Å². The molecule has 0 spiro atoms. The van der Waals surface area contributed by atoms with E-state index in [-0.39, 0.29) is 11.6 Å². The number of likely N-dealkylation sites (N-methyl/N-ethyl adjacent to an activating group) is 1. The molecule has 1 aliphatic heterocycles. The van der Waals surface area contributed by atoms with Crippen molar-refractivity contribution in [2.45, 2.75) is 50.7 Å². The van der Waals surface area contributed by atoms with Gasteiger partial charge in [-0.25, -0.2) is 0 Å². The lowest BCUT2D eigenvalue weighted by Crippen LogP contribution is -2.50. The fraction of sp³-hybridized carbons (Fsp3) is 0.647. The topological polar surface area (TPSA) is 30.5 Å². The summed E-state index contributed by atoms with van der Waals surface area (Å²) in [5.41, 5.74) is 2.58. The highest BCUT2D eigenvalue weighted by atomic mass is 16.5. The summed E-state index contributed by atoms with van der Waals surface area (Å²) in [6, 6.07) is 6.80. The second-order valence-electron chi connectivity index (χ2n) is 5.90. The van der Waals surface area contributed by atoms with E-state index in [2.05, 4.69) is 30.4 Å². The Balaban J connectivity index is 1.99. The van der Waals surface area contributed by atoms with Crippen LogP contribution in [0.25, 0.3) is 0 Å². The molecule has 0 amide bonds. The molecule has 1 saturated carbocycles. The van der Waals surface area contributed by atoms with Crippen molar-refractivity contribution in [2.24, 2.45) is 0 Å². The van der Waals surface area contributed by atoms with Crippen LogP contribution in [0.3, 0.4) is 0 Å². The van der Waals surface area contributed by atoms with Crippen LogP contribution >= 0.6 is 0 Å². The van der Waals surface area contributed by atoms with Crippen molar-refractivity contribution in [2.75, 3.05) is 20.3 Å². The Morgan fingerprint density at radius 3 is 2.85 bits per heavy atom. The van der Waals surface area contributed by atoms with Gasteiger partial charge in [-0.05, 0) is 44.2 Å². The molecular formula is C17H25NO2. The first-order valence-corrected chi connectivity index (χ1v) is 7.84.